The Hall–Kier alpha value is -1.04. The third kappa shape index (κ3) is 1.84. The second kappa shape index (κ2) is 4.33. The molecular formula is C14H20N2O. The Bertz CT molecular complexity index is 344. The molecule has 0 spiro atoms. The van der Waals surface area contributed by atoms with Crippen molar-refractivity contribution in [2.75, 3.05) is 6.54 Å². The van der Waals surface area contributed by atoms with Gasteiger partial charge in [0.05, 0.1) is 6.07 Å². The second-order valence-electron chi connectivity index (χ2n) is 5.85. The predicted octanol–water partition coefficient (Wildman–Crippen LogP) is 2.33. The zero-order chi connectivity index (χ0) is 11.8. The van der Waals surface area contributed by atoms with Crippen molar-refractivity contribution in [1.82, 2.24) is 4.90 Å². The van der Waals surface area contributed by atoms with E-state index in [1.165, 1.54) is 32.1 Å². The van der Waals surface area contributed by atoms with Crippen molar-refractivity contribution in [3.8, 4) is 6.07 Å². The molecule has 3 fully saturated rings. The van der Waals surface area contributed by atoms with E-state index in [1.807, 2.05) is 4.90 Å². The number of carbonyl (C=O) groups is 1. The monoisotopic (exact) mass is 232 g/mol. The first-order valence-corrected chi connectivity index (χ1v) is 7.00. The van der Waals surface area contributed by atoms with Crippen molar-refractivity contribution in [3.63, 3.8) is 0 Å². The maximum absolute atomic E-state index is 12.5. The summed E-state index contributed by atoms with van der Waals surface area (Å²) in [5.74, 6) is 1.93. The molecule has 3 heteroatoms. The van der Waals surface area contributed by atoms with Gasteiger partial charge >= 0.3 is 0 Å². The summed E-state index contributed by atoms with van der Waals surface area (Å²) >= 11 is 0. The van der Waals surface area contributed by atoms with Gasteiger partial charge in [-0.1, -0.05) is 19.3 Å². The quantitative estimate of drug-likeness (QED) is 0.701. The zero-order valence-corrected chi connectivity index (χ0v) is 10.3. The Labute approximate surface area is 103 Å². The molecule has 3 nitrogen and oxygen atoms in total. The van der Waals surface area contributed by atoms with Crippen LogP contribution in [0.5, 0.6) is 0 Å². The fraction of sp³-hybridized carbons (Fsp3) is 0.857. The summed E-state index contributed by atoms with van der Waals surface area (Å²) < 4.78 is 0. The average molecular weight is 232 g/mol. The minimum absolute atomic E-state index is 0.290. The standard InChI is InChI=1S/C14H20N2O/c15-8-9-16(10-4-1-2-5-10)14(17)13-11-6-3-7-12(11)13/h10-13H,1-7,9H2. The van der Waals surface area contributed by atoms with Gasteiger partial charge in [0.2, 0.25) is 5.91 Å². The Morgan fingerprint density at radius 3 is 2.35 bits per heavy atom. The highest BCUT2D eigenvalue weighted by molar-refractivity contribution is 5.83. The van der Waals surface area contributed by atoms with Gasteiger partial charge in [0.15, 0.2) is 0 Å². The van der Waals surface area contributed by atoms with Crippen LogP contribution in [0.1, 0.15) is 44.9 Å². The summed E-state index contributed by atoms with van der Waals surface area (Å²) in [6, 6.07) is 2.54. The van der Waals surface area contributed by atoms with Gasteiger partial charge in [-0.25, -0.2) is 0 Å². The SMILES string of the molecule is N#CCN(C(=O)C1C2CCCC21)C1CCCC1. The van der Waals surface area contributed by atoms with Gasteiger partial charge in [0, 0.05) is 12.0 Å². The van der Waals surface area contributed by atoms with Crippen LogP contribution in [0.4, 0.5) is 0 Å². The molecule has 2 atom stereocenters. The van der Waals surface area contributed by atoms with E-state index in [1.54, 1.807) is 0 Å². The lowest BCUT2D eigenvalue weighted by atomic mass is 10.1. The molecule has 0 aliphatic heterocycles. The maximum Gasteiger partial charge on any atom is 0.227 e. The van der Waals surface area contributed by atoms with E-state index in [2.05, 4.69) is 6.07 Å². The Morgan fingerprint density at radius 2 is 1.76 bits per heavy atom. The molecule has 17 heavy (non-hydrogen) atoms. The first-order valence-electron chi connectivity index (χ1n) is 7.00. The molecule has 0 heterocycles. The molecule has 0 N–H and O–H groups in total. The maximum atomic E-state index is 12.5. The number of hydrogen-bond acceptors (Lipinski definition) is 2. The minimum Gasteiger partial charge on any atom is -0.326 e. The van der Waals surface area contributed by atoms with Gasteiger partial charge in [-0.15, -0.1) is 0 Å². The zero-order valence-electron chi connectivity index (χ0n) is 10.3. The van der Waals surface area contributed by atoms with E-state index in [4.69, 9.17) is 5.26 Å². The molecule has 92 valence electrons. The first kappa shape index (κ1) is 11.1. The van der Waals surface area contributed by atoms with E-state index in [0.29, 0.717) is 30.3 Å². The normalized spacial score (nSPS) is 35.4. The van der Waals surface area contributed by atoms with Crippen molar-refractivity contribution in [1.29, 1.82) is 5.26 Å². The fourth-order valence-electron chi connectivity index (χ4n) is 4.06. The summed E-state index contributed by atoms with van der Waals surface area (Å²) in [5.41, 5.74) is 0. The molecule has 2 unspecified atom stereocenters. The average Bonchev–Trinajstić information content (AvgIpc) is 2.82. The van der Waals surface area contributed by atoms with Gasteiger partial charge in [-0.05, 0) is 37.5 Å². The lowest BCUT2D eigenvalue weighted by Gasteiger charge is -2.27. The summed E-state index contributed by atoms with van der Waals surface area (Å²) in [5, 5.41) is 8.91. The van der Waals surface area contributed by atoms with Crippen LogP contribution in [-0.2, 0) is 4.79 Å². The van der Waals surface area contributed by atoms with Gasteiger partial charge < -0.3 is 4.90 Å². The Balaban J connectivity index is 1.66. The molecule has 0 aromatic heterocycles. The first-order chi connectivity index (χ1) is 8.33. The predicted molar refractivity (Wildman–Crippen MR) is 63.9 cm³/mol. The van der Waals surface area contributed by atoms with Crippen LogP contribution in [0.15, 0.2) is 0 Å². The number of nitrogens with zero attached hydrogens (tertiary/aromatic N) is 2. The summed E-state index contributed by atoms with van der Waals surface area (Å²) in [7, 11) is 0. The molecular weight excluding hydrogens is 212 g/mol. The van der Waals surface area contributed by atoms with E-state index in [9.17, 15) is 4.79 Å². The van der Waals surface area contributed by atoms with E-state index >= 15 is 0 Å². The molecule has 0 aromatic carbocycles. The molecule has 3 saturated carbocycles. The van der Waals surface area contributed by atoms with Crippen molar-refractivity contribution in [2.45, 2.75) is 51.0 Å². The van der Waals surface area contributed by atoms with Crippen molar-refractivity contribution >= 4 is 5.91 Å². The lowest BCUT2D eigenvalue weighted by Crippen LogP contribution is -2.40. The van der Waals surface area contributed by atoms with Crippen molar-refractivity contribution in [2.24, 2.45) is 17.8 Å². The van der Waals surface area contributed by atoms with E-state index in [0.717, 1.165) is 12.8 Å². The van der Waals surface area contributed by atoms with Crippen molar-refractivity contribution < 1.29 is 4.79 Å². The number of fused-ring (bicyclic) bond motifs is 1. The van der Waals surface area contributed by atoms with Crippen LogP contribution in [0, 0.1) is 29.1 Å². The molecule has 1 amide bonds. The molecule has 0 saturated heterocycles. The topological polar surface area (TPSA) is 44.1 Å². The number of carbonyl (C=O) groups excluding carboxylic acids is 1. The van der Waals surface area contributed by atoms with E-state index < -0.39 is 0 Å². The summed E-state index contributed by atoms with van der Waals surface area (Å²) in [6.45, 7) is 0.305. The molecule has 0 aromatic rings. The highest BCUT2D eigenvalue weighted by atomic mass is 16.2. The minimum atomic E-state index is 0.290. The third-order valence-electron chi connectivity index (χ3n) is 4.98. The number of rotatable bonds is 3. The van der Waals surface area contributed by atoms with Crippen LogP contribution in [0.3, 0.4) is 0 Å². The van der Waals surface area contributed by atoms with Gasteiger partial charge in [0.1, 0.15) is 6.54 Å². The highest BCUT2D eigenvalue weighted by Crippen LogP contribution is 2.58. The van der Waals surface area contributed by atoms with Crippen LogP contribution in [0.2, 0.25) is 0 Å². The van der Waals surface area contributed by atoms with Crippen LogP contribution in [0.25, 0.3) is 0 Å². The molecule has 0 radical (unpaired) electrons. The number of amides is 1. The highest BCUT2D eigenvalue weighted by Gasteiger charge is 2.57. The van der Waals surface area contributed by atoms with Gasteiger partial charge in [-0.3, -0.25) is 4.79 Å². The molecule has 3 aliphatic rings. The Morgan fingerprint density at radius 1 is 1.12 bits per heavy atom. The van der Waals surface area contributed by atoms with Gasteiger partial charge in [-0.2, -0.15) is 5.26 Å². The van der Waals surface area contributed by atoms with E-state index in [-0.39, 0.29) is 5.92 Å². The smallest absolute Gasteiger partial charge is 0.227 e. The molecule has 0 bridgehead atoms. The van der Waals surface area contributed by atoms with Crippen LogP contribution >= 0.6 is 0 Å². The molecule has 3 rings (SSSR count). The summed E-state index contributed by atoms with van der Waals surface area (Å²) in [6.07, 6.45) is 8.44. The second-order valence-corrected chi connectivity index (χ2v) is 5.85. The number of nitriles is 1. The largest absolute Gasteiger partial charge is 0.326 e. The lowest BCUT2D eigenvalue weighted by molar-refractivity contribution is -0.135. The summed E-state index contributed by atoms with van der Waals surface area (Å²) in [4.78, 5) is 14.4. The fourth-order valence-corrected chi connectivity index (χ4v) is 4.06. The molecule has 3 aliphatic carbocycles. The van der Waals surface area contributed by atoms with Crippen LogP contribution in [-0.4, -0.2) is 23.4 Å². The number of hydrogen-bond donors (Lipinski definition) is 0. The van der Waals surface area contributed by atoms with Gasteiger partial charge in [0.25, 0.3) is 0 Å². The van der Waals surface area contributed by atoms with Crippen LogP contribution < -0.4 is 0 Å². The Kier molecular flexibility index (Phi) is 2.82. The van der Waals surface area contributed by atoms with Crippen molar-refractivity contribution in [3.05, 3.63) is 0 Å². The third-order valence-corrected chi connectivity index (χ3v) is 4.98.